The summed E-state index contributed by atoms with van der Waals surface area (Å²) in [4.78, 5) is 22.3. The molecule has 0 aromatic heterocycles. The molecule has 1 heterocycles. The maximum atomic E-state index is 10.6. The van der Waals surface area contributed by atoms with Crippen LogP contribution in [0.4, 0.5) is 0 Å². The lowest BCUT2D eigenvalue weighted by atomic mass is 10.1. The van der Waals surface area contributed by atoms with Crippen LogP contribution in [0.1, 0.15) is 6.92 Å². The Bertz CT molecular complexity index is 224. The van der Waals surface area contributed by atoms with E-state index in [0.29, 0.717) is 13.1 Å². The van der Waals surface area contributed by atoms with Crippen LogP contribution in [-0.2, 0) is 9.59 Å². The van der Waals surface area contributed by atoms with Crippen LogP contribution >= 0.6 is 0 Å². The molecular weight excluding hydrogens is 146 g/mol. The number of likely N-dealkylation sites (tertiary alicyclic amines) is 1. The number of carbonyl (C=O) groups excluding carboxylic acids is 1. The fourth-order valence-electron chi connectivity index (χ4n) is 0.933. The van der Waals surface area contributed by atoms with Crippen LogP contribution in [0.25, 0.3) is 0 Å². The maximum absolute atomic E-state index is 10.6. The molecule has 0 unspecified atom stereocenters. The number of nitrogens with zero attached hydrogens (tertiary/aromatic N) is 1. The summed E-state index contributed by atoms with van der Waals surface area (Å²) in [6.07, 6.45) is 1.15. The van der Waals surface area contributed by atoms with Gasteiger partial charge in [-0.1, -0.05) is 0 Å². The van der Waals surface area contributed by atoms with Gasteiger partial charge in [0.05, 0.1) is 0 Å². The first-order valence-electron chi connectivity index (χ1n) is 3.27. The minimum absolute atomic E-state index is 0.00691. The van der Waals surface area contributed by atoms with Gasteiger partial charge < -0.3 is 10.0 Å². The highest BCUT2D eigenvalue weighted by molar-refractivity contribution is 5.82. The smallest absolute Gasteiger partial charge is 0.328 e. The lowest BCUT2D eigenvalue weighted by Crippen LogP contribution is -2.43. The predicted molar refractivity (Wildman–Crippen MR) is 38.0 cm³/mol. The molecule has 1 aliphatic heterocycles. The van der Waals surface area contributed by atoms with Gasteiger partial charge in [0.15, 0.2) is 0 Å². The third-order valence-electron chi connectivity index (χ3n) is 1.56. The number of carboxylic acid groups (broad SMARTS) is 1. The second-order valence-electron chi connectivity index (χ2n) is 2.52. The third kappa shape index (κ3) is 1.80. The molecule has 0 radical (unpaired) electrons. The number of hydrogen-bond donors (Lipinski definition) is 1. The van der Waals surface area contributed by atoms with Crippen molar-refractivity contribution in [3.8, 4) is 0 Å². The molecule has 0 bridgehead atoms. The second-order valence-corrected chi connectivity index (χ2v) is 2.52. The van der Waals surface area contributed by atoms with E-state index in [1.807, 2.05) is 0 Å². The van der Waals surface area contributed by atoms with E-state index in [0.717, 1.165) is 11.6 Å². The highest BCUT2D eigenvalue weighted by Crippen LogP contribution is 2.13. The van der Waals surface area contributed by atoms with Gasteiger partial charge in [0.1, 0.15) is 0 Å². The summed E-state index contributed by atoms with van der Waals surface area (Å²) in [6.45, 7) is 2.42. The van der Waals surface area contributed by atoms with Crippen LogP contribution in [0.5, 0.6) is 0 Å². The molecule has 0 aromatic rings. The van der Waals surface area contributed by atoms with Crippen molar-refractivity contribution >= 4 is 11.9 Å². The Morgan fingerprint density at radius 2 is 2.09 bits per heavy atom. The highest BCUT2D eigenvalue weighted by atomic mass is 16.4. The zero-order valence-corrected chi connectivity index (χ0v) is 6.20. The number of carboxylic acids is 1. The standard InChI is InChI=1S/C7H9NO3/c1-5(9)8-3-6(4-8)2-7(10)11/h2H,3-4H2,1H3,(H,10,11). The highest BCUT2D eigenvalue weighted by Gasteiger charge is 2.22. The Hall–Kier alpha value is -1.32. The van der Waals surface area contributed by atoms with Crippen molar-refractivity contribution in [2.45, 2.75) is 6.92 Å². The van der Waals surface area contributed by atoms with E-state index in [1.54, 1.807) is 4.90 Å². The van der Waals surface area contributed by atoms with Crippen LogP contribution in [0, 0.1) is 0 Å². The molecule has 1 saturated heterocycles. The van der Waals surface area contributed by atoms with Crippen molar-refractivity contribution in [1.82, 2.24) is 4.90 Å². The summed E-state index contributed by atoms with van der Waals surface area (Å²) in [5.41, 5.74) is 0.799. The van der Waals surface area contributed by atoms with Crippen molar-refractivity contribution in [2.75, 3.05) is 13.1 Å². The van der Waals surface area contributed by atoms with Crippen molar-refractivity contribution in [3.63, 3.8) is 0 Å². The molecule has 0 spiro atoms. The normalized spacial score (nSPS) is 15.7. The summed E-state index contributed by atoms with van der Waals surface area (Å²) in [6, 6.07) is 0. The molecule has 0 saturated carbocycles. The zero-order chi connectivity index (χ0) is 8.43. The molecule has 1 rings (SSSR count). The van der Waals surface area contributed by atoms with Crippen LogP contribution in [0.15, 0.2) is 11.6 Å². The lowest BCUT2D eigenvalue weighted by molar-refractivity contribution is -0.133. The number of rotatable bonds is 1. The zero-order valence-electron chi connectivity index (χ0n) is 6.20. The van der Waals surface area contributed by atoms with E-state index in [-0.39, 0.29) is 5.91 Å². The lowest BCUT2D eigenvalue weighted by Gasteiger charge is -2.32. The summed E-state index contributed by atoms with van der Waals surface area (Å²) in [5.74, 6) is -0.948. The second kappa shape index (κ2) is 2.74. The van der Waals surface area contributed by atoms with Crippen LogP contribution in [0.3, 0.4) is 0 Å². The first-order valence-corrected chi connectivity index (χ1v) is 3.27. The van der Waals surface area contributed by atoms with E-state index < -0.39 is 5.97 Å². The quantitative estimate of drug-likeness (QED) is 0.536. The SMILES string of the molecule is CC(=O)N1CC(=CC(=O)O)C1. The Kier molecular flexibility index (Phi) is 1.94. The molecule has 11 heavy (non-hydrogen) atoms. The van der Waals surface area contributed by atoms with E-state index in [4.69, 9.17) is 5.11 Å². The van der Waals surface area contributed by atoms with Gasteiger partial charge in [-0.25, -0.2) is 4.79 Å². The van der Waals surface area contributed by atoms with Crippen LogP contribution in [-0.4, -0.2) is 35.0 Å². The van der Waals surface area contributed by atoms with Crippen molar-refractivity contribution in [3.05, 3.63) is 11.6 Å². The van der Waals surface area contributed by atoms with Crippen molar-refractivity contribution in [1.29, 1.82) is 0 Å². The number of carbonyl (C=O) groups is 2. The van der Waals surface area contributed by atoms with E-state index >= 15 is 0 Å². The molecule has 0 aromatic carbocycles. The molecule has 1 N–H and O–H groups in total. The molecule has 60 valence electrons. The van der Waals surface area contributed by atoms with Crippen molar-refractivity contribution < 1.29 is 14.7 Å². The topological polar surface area (TPSA) is 57.6 Å². The van der Waals surface area contributed by atoms with Gasteiger partial charge in [-0.3, -0.25) is 4.79 Å². The van der Waals surface area contributed by atoms with Gasteiger partial charge >= 0.3 is 5.97 Å². The van der Waals surface area contributed by atoms with Crippen LogP contribution < -0.4 is 0 Å². The van der Waals surface area contributed by atoms with Gasteiger partial charge in [-0.2, -0.15) is 0 Å². The summed E-state index contributed by atoms with van der Waals surface area (Å²) < 4.78 is 0. The summed E-state index contributed by atoms with van der Waals surface area (Å²) >= 11 is 0. The number of amides is 1. The van der Waals surface area contributed by atoms with Gasteiger partial charge in [-0.05, 0) is 5.57 Å². The molecule has 0 aliphatic carbocycles. The molecule has 1 amide bonds. The van der Waals surface area contributed by atoms with Gasteiger partial charge in [0.2, 0.25) is 5.91 Å². The molecule has 1 fully saturated rings. The third-order valence-corrected chi connectivity index (χ3v) is 1.56. The minimum atomic E-state index is -0.941. The fraction of sp³-hybridized carbons (Fsp3) is 0.429. The summed E-state index contributed by atoms with van der Waals surface area (Å²) in [7, 11) is 0. The predicted octanol–water partition coefficient (Wildman–Crippen LogP) is -0.140. The Balaban J connectivity index is 2.40. The average Bonchev–Trinajstić information content (AvgIpc) is 1.75. The van der Waals surface area contributed by atoms with Crippen molar-refractivity contribution in [2.24, 2.45) is 0 Å². The molecule has 0 atom stereocenters. The van der Waals surface area contributed by atoms with Gasteiger partial charge in [-0.15, -0.1) is 0 Å². The van der Waals surface area contributed by atoms with E-state index in [2.05, 4.69) is 0 Å². The number of hydrogen-bond acceptors (Lipinski definition) is 2. The Labute approximate surface area is 64.1 Å². The monoisotopic (exact) mass is 155 g/mol. The Morgan fingerprint density at radius 1 is 1.55 bits per heavy atom. The molecule has 4 nitrogen and oxygen atoms in total. The van der Waals surface area contributed by atoms with Crippen LogP contribution in [0.2, 0.25) is 0 Å². The fourth-order valence-corrected chi connectivity index (χ4v) is 0.933. The van der Waals surface area contributed by atoms with E-state index in [1.165, 1.54) is 6.92 Å². The van der Waals surface area contributed by atoms with E-state index in [9.17, 15) is 9.59 Å². The minimum Gasteiger partial charge on any atom is -0.478 e. The number of aliphatic carboxylic acids is 1. The van der Waals surface area contributed by atoms with Gasteiger partial charge in [0, 0.05) is 26.1 Å². The van der Waals surface area contributed by atoms with Gasteiger partial charge in [0.25, 0.3) is 0 Å². The molecular formula is C7H9NO3. The summed E-state index contributed by atoms with van der Waals surface area (Å²) in [5, 5.41) is 8.29. The first kappa shape index (κ1) is 7.78. The molecule has 1 aliphatic rings. The first-order chi connectivity index (χ1) is 5.09. The average molecular weight is 155 g/mol. The maximum Gasteiger partial charge on any atom is 0.328 e. The largest absolute Gasteiger partial charge is 0.478 e. The molecule has 4 heteroatoms. The Morgan fingerprint density at radius 3 is 2.45 bits per heavy atom.